The molecule has 10 heteroatoms. The summed E-state index contributed by atoms with van der Waals surface area (Å²) in [7, 11) is 3.72. The van der Waals surface area contributed by atoms with E-state index in [2.05, 4.69) is 11.0 Å². The minimum atomic E-state index is -0.766. The highest BCUT2D eigenvalue weighted by Gasteiger charge is 2.49. The van der Waals surface area contributed by atoms with Crippen LogP contribution in [0.1, 0.15) is 17.5 Å². The number of para-hydroxylation sites is 1. The van der Waals surface area contributed by atoms with E-state index in [1.165, 1.54) is 5.01 Å². The van der Waals surface area contributed by atoms with E-state index in [1.54, 1.807) is 46.1 Å². The molecule has 3 amide bonds. The van der Waals surface area contributed by atoms with Gasteiger partial charge in [0.25, 0.3) is 0 Å². The normalized spacial score (nSPS) is 21.3. The largest absolute Gasteiger partial charge is 0.508 e. The van der Waals surface area contributed by atoms with Gasteiger partial charge in [-0.1, -0.05) is 48.6 Å². The summed E-state index contributed by atoms with van der Waals surface area (Å²) in [5.74, 6) is -0.226. The molecule has 0 saturated carbocycles. The number of aromatic hydroxyl groups is 1. The molecule has 1 unspecified atom stereocenters. The average Bonchev–Trinajstić information content (AvgIpc) is 3.19. The number of piperazine rings is 1. The molecule has 2 fully saturated rings. The van der Waals surface area contributed by atoms with Crippen molar-refractivity contribution in [2.45, 2.75) is 31.6 Å². The molecular weight excluding hydrogens is 520 g/mol. The first-order valence-corrected chi connectivity index (χ1v) is 13.7. The molecule has 3 N–H and O–H groups in total. The zero-order valence-corrected chi connectivity index (χ0v) is 23.4. The molecule has 3 aliphatic rings. The Hall–Kier alpha value is -4.57. The number of rotatable bonds is 8. The first kappa shape index (κ1) is 28.0. The summed E-state index contributed by atoms with van der Waals surface area (Å²) in [5, 5.41) is 12.8. The molecule has 0 aromatic heterocycles. The summed E-state index contributed by atoms with van der Waals surface area (Å²) >= 11 is 0. The number of hydrazine groups is 1. The quantitative estimate of drug-likeness (QED) is 0.378. The van der Waals surface area contributed by atoms with Crippen LogP contribution in [0, 0.1) is 0 Å². The highest BCUT2D eigenvalue weighted by Crippen LogP contribution is 2.28. The van der Waals surface area contributed by atoms with E-state index in [0.29, 0.717) is 25.9 Å². The number of nitrogen functional groups attached to an aromatic ring is 1. The lowest BCUT2D eigenvalue weighted by Crippen LogP contribution is -2.74. The summed E-state index contributed by atoms with van der Waals surface area (Å²) in [6, 6.07) is 13.7. The van der Waals surface area contributed by atoms with E-state index in [4.69, 9.17) is 5.73 Å². The number of phenolic OH excluding ortho intramolecular Hbond substituents is 1. The summed E-state index contributed by atoms with van der Waals surface area (Å²) in [6.45, 7) is 1.27. The van der Waals surface area contributed by atoms with Crippen LogP contribution in [0.15, 0.2) is 84.1 Å². The molecule has 1 aliphatic carbocycles. The lowest BCUT2D eigenvalue weighted by molar-refractivity contribution is -0.195. The lowest BCUT2D eigenvalue weighted by atomic mass is 9.98. The molecule has 2 heterocycles. The number of phenols is 1. The smallest absolute Gasteiger partial charge is 0.246 e. The van der Waals surface area contributed by atoms with E-state index in [9.17, 15) is 19.5 Å². The van der Waals surface area contributed by atoms with Crippen molar-refractivity contribution in [3.8, 4) is 5.75 Å². The molecule has 5 rings (SSSR count). The maximum atomic E-state index is 13.9. The van der Waals surface area contributed by atoms with Gasteiger partial charge in [0.1, 0.15) is 18.0 Å². The Morgan fingerprint density at radius 1 is 1.12 bits per heavy atom. The van der Waals surface area contributed by atoms with Crippen molar-refractivity contribution in [3.05, 3.63) is 95.2 Å². The Labute approximate surface area is 240 Å². The molecule has 0 spiro atoms. The van der Waals surface area contributed by atoms with E-state index >= 15 is 0 Å². The zero-order chi connectivity index (χ0) is 29.1. The summed E-state index contributed by atoms with van der Waals surface area (Å²) in [4.78, 5) is 44.6. The molecule has 2 saturated heterocycles. The van der Waals surface area contributed by atoms with Gasteiger partial charge in [0.15, 0.2) is 0 Å². The van der Waals surface area contributed by atoms with Crippen molar-refractivity contribution in [2.24, 2.45) is 0 Å². The Bertz CT molecular complexity index is 1400. The molecule has 2 aliphatic heterocycles. The number of allylic oxidation sites excluding steroid dienone is 4. The Balaban J connectivity index is 1.34. The number of anilines is 1. The molecule has 10 nitrogen and oxygen atoms in total. The molecular formula is C31H36N6O4. The number of hydrogen-bond acceptors (Lipinski definition) is 7. The van der Waals surface area contributed by atoms with Gasteiger partial charge >= 0.3 is 0 Å². The Morgan fingerprint density at radius 2 is 1.88 bits per heavy atom. The fourth-order valence-corrected chi connectivity index (χ4v) is 5.71. The van der Waals surface area contributed by atoms with Gasteiger partial charge in [0.2, 0.25) is 18.2 Å². The minimum absolute atomic E-state index is 0.0142. The second-order valence-electron chi connectivity index (χ2n) is 10.8. The van der Waals surface area contributed by atoms with Gasteiger partial charge in [-0.15, -0.1) is 0 Å². The number of hydrogen-bond donors (Lipinski definition) is 2. The number of amides is 3. The first-order chi connectivity index (χ1) is 19.7. The topological polar surface area (TPSA) is 114 Å². The number of carbonyl (C=O) groups excluding carboxylic acids is 3. The summed E-state index contributed by atoms with van der Waals surface area (Å²) in [6.07, 6.45) is 9.24. The van der Waals surface area contributed by atoms with Crippen LogP contribution < -0.4 is 5.73 Å². The second kappa shape index (κ2) is 11.9. The first-order valence-electron chi connectivity index (χ1n) is 13.7. The Kier molecular flexibility index (Phi) is 8.11. The summed E-state index contributed by atoms with van der Waals surface area (Å²) < 4.78 is 0. The van der Waals surface area contributed by atoms with Crippen molar-refractivity contribution < 1.29 is 19.5 Å². The molecule has 214 valence electrons. The third kappa shape index (κ3) is 5.97. The fraction of sp³-hybridized carbons (Fsp3) is 0.323. The van der Waals surface area contributed by atoms with Crippen molar-refractivity contribution in [2.75, 3.05) is 39.5 Å². The monoisotopic (exact) mass is 556 g/mol. The van der Waals surface area contributed by atoms with Crippen molar-refractivity contribution in [1.29, 1.82) is 0 Å². The van der Waals surface area contributed by atoms with Crippen LogP contribution in [0.3, 0.4) is 0 Å². The van der Waals surface area contributed by atoms with E-state index in [0.717, 1.165) is 28.1 Å². The van der Waals surface area contributed by atoms with Crippen LogP contribution in [-0.4, -0.2) is 94.0 Å². The van der Waals surface area contributed by atoms with Gasteiger partial charge in [0.05, 0.1) is 13.1 Å². The predicted octanol–water partition coefficient (Wildman–Crippen LogP) is 2.10. The second-order valence-corrected chi connectivity index (χ2v) is 10.8. The number of nitrogens with zero attached hydrogens (tertiary/aromatic N) is 5. The molecule has 2 aromatic rings. The molecule has 0 radical (unpaired) electrons. The number of likely N-dealkylation sites (N-methyl/N-ethyl adjacent to an activating group) is 2. The van der Waals surface area contributed by atoms with E-state index in [1.807, 2.05) is 49.5 Å². The van der Waals surface area contributed by atoms with Gasteiger partial charge in [-0.2, -0.15) is 0 Å². The fourth-order valence-electron chi connectivity index (χ4n) is 5.71. The lowest BCUT2D eigenvalue weighted by Gasteiger charge is -2.53. The molecule has 2 atom stereocenters. The van der Waals surface area contributed by atoms with Gasteiger partial charge < -0.3 is 25.5 Å². The zero-order valence-electron chi connectivity index (χ0n) is 23.4. The van der Waals surface area contributed by atoms with Crippen LogP contribution in [0.5, 0.6) is 5.75 Å². The van der Waals surface area contributed by atoms with Crippen LogP contribution in [0.25, 0.3) is 0 Å². The van der Waals surface area contributed by atoms with Crippen molar-refractivity contribution in [3.63, 3.8) is 0 Å². The van der Waals surface area contributed by atoms with E-state index < -0.39 is 12.2 Å². The van der Waals surface area contributed by atoms with Gasteiger partial charge in [-0.25, -0.2) is 5.01 Å². The molecule has 41 heavy (non-hydrogen) atoms. The maximum absolute atomic E-state index is 13.9. The van der Waals surface area contributed by atoms with Gasteiger partial charge in [-0.3, -0.25) is 19.4 Å². The highest BCUT2D eigenvalue weighted by molar-refractivity contribution is 5.91. The average molecular weight is 557 g/mol. The third-order valence-corrected chi connectivity index (χ3v) is 7.93. The predicted molar refractivity (Wildman–Crippen MR) is 156 cm³/mol. The minimum Gasteiger partial charge on any atom is -0.508 e. The van der Waals surface area contributed by atoms with Crippen LogP contribution in [0.4, 0.5) is 5.69 Å². The van der Waals surface area contributed by atoms with Gasteiger partial charge in [-0.05, 0) is 47.4 Å². The number of carbonyl (C=O) groups is 3. The van der Waals surface area contributed by atoms with Crippen molar-refractivity contribution in [1.82, 2.24) is 24.7 Å². The number of benzene rings is 2. The van der Waals surface area contributed by atoms with Crippen LogP contribution >= 0.6 is 0 Å². The molecule has 0 bridgehead atoms. The number of fused-ring (bicyclic) bond motifs is 1. The number of nitrogens with two attached hydrogens (primary N) is 1. The highest BCUT2D eigenvalue weighted by atomic mass is 16.3. The van der Waals surface area contributed by atoms with E-state index in [-0.39, 0.29) is 37.1 Å². The molecule has 2 aromatic carbocycles. The van der Waals surface area contributed by atoms with Crippen LogP contribution in [0.2, 0.25) is 0 Å². The van der Waals surface area contributed by atoms with Crippen molar-refractivity contribution >= 4 is 23.9 Å². The van der Waals surface area contributed by atoms with Crippen LogP contribution in [-0.2, 0) is 27.3 Å². The summed E-state index contributed by atoms with van der Waals surface area (Å²) in [5.41, 5.74) is 10.9. The Morgan fingerprint density at radius 3 is 2.61 bits per heavy atom. The van der Waals surface area contributed by atoms with Gasteiger partial charge in [0, 0.05) is 45.0 Å². The standard InChI is InChI=1S/C31H36N6O4/c1-33(18-24-7-3-4-9-27(24)32)25-8-5-6-23(10-13-25)17-35-19-29-36(21-38)34(2)20-30(40)37(29)28(31(35)41)16-22-11-14-26(39)15-12-22/h3-9,11-15,21,28-29,39H,10,16-20,32H2,1-2H3/t28-,29?/m0/s1. The third-order valence-electron chi connectivity index (χ3n) is 7.93. The maximum Gasteiger partial charge on any atom is 0.246 e. The SMILES string of the molecule is CN(Cc1ccccc1N)C1=CCC(CN2CC3N(C(=O)CN(C)N3C=O)[C@@H](Cc3ccc(O)cc3)C2=O)=CC=C1.